The van der Waals surface area contributed by atoms with Gasteiger partial charge in [-0.15, -0.1) is 0 Å². The lowest BCUT2D eigenvalue weighted by atomic mass is 10.0. The first-order valence-electron chi connectivity index (χ1n) is 6.69. The van der Waals surface area contributed by atoms with E-state index in [-0.39, 0.29) is 5.91 Å². The number of hydrogen-bond acceptors (Lipinski definition) is 3. The van der Waals surface area contributed by atoms with Crippen LogP contribution >= 0.6 is 0 Å². The minimum atomic E-state index is -0.00713. The van der Waals surface area contributed by atoms with Crippen molar-refractivity contribution in [3.05, 3.63) is 53.7 Å². The average Bonchev–Trinajstić information content (AvgIpc) is 2.54. The molecule has 1 aromatic heterocycles. The Kier molecular flexibility index (Phi) is 3.37. The van der Waals surface area contributed by atoms with E-state index in [1.54, 1.807) is 25.4 Å². The molecule has 20 heavy (non-hydrogen) atoms. The van der Waals surface area contributed by atoms with E-state index in [9.17, 15) is 4.79 Å². The first kappa shape index (κ1) is 12.7. The Morgan fingerprint density at radius 2 is 2.10 bits per heavy atom. The lowest BCUT2D eigenvalue weighted by molar-refractivity contribution is 0.0984. The monoisotopic (exact) mass is 268 g/mol. The number of hydrogen-bond donors (Lipinski definition) is 0. The molecule has 1 aliphatic rings. The van der Waals surface area contributed by atoms with Gasteiger partial charge in [-0.3, -0.25) is 4.79 Å². The molecule has 0 atom stereocenters. The van der Waals surface area contributed by atoms with Crippen molar-refractivity contribution in [1.29, 1.82) is 0 Å². The summed E-state index contributed by atoms with van der Waals surface area (Å²) in [5, 5.41) is 0. The molecule has 102 valence electrons. The van der Waals surface area contributed by atoms with Gasteiger partial charge in [-0.25, -0.2) is 4.98 Å². The van der Waals surface area contributed by atoms with E-state index >= 15 is 0 Å². The second-order valence-corrected chi connectivity index (χ2v) is 4.78. The molecule has 4 nitrogen and oxygen atoms in total. The molecule has 0 unspecified atom stereocenters. The molecule has 1 aromatic carbocycles. The number of pyridine rings is 1. The zero-order chi connectivity index (χ0) is 13.9. The van der Waals surface area contributed by atoms with Crippen LogP contribution < -0.4 is 9.64 Å². The zero-order valence-corrected chi connectivity index (χ0v) is 11.4. The number of carbonyl (C=O) groups is 1. The maximum atomic E-state index is 12.6. The summed E-state index contributed by atoms with van der Waals surface area (Å²) in [4.78, 5) is 18.5. The number of anilines is 1. The molecule has 0 saturated heterocycles. The van der Waals surface area contributed by atoms with Crippen LogP contribution in [0.5, 0.6) is 5.88 Å². The minimum absolute atomic E-state index is 0.00713. The Labute approximate surface area is 118 Å². The number of benzene rings is 1. The normalized spacial score (nSPS) is 13.8. The van der Waals surface area contributed by atoms with Crippen molar-refractivity contribution >= 4 is 11.6 Å². The molecule has 1 aliphatic heterocycles. The Morgan fingerprint density at radius 3 is 2.85 bits per heavy atom. The first-order valence-corrected chi connectivity index (χ1v) is 6.69. The van der Waals surface area contributed by atoms with Crippen LogP contribution in [0.15, 0.2) is 42.6 Å². The number of aromatic nitrogens is 1. The van der Waals surface area contributed by atoms with Crippen molar-refractivity contribution < 1.29 is 9.53 Å². The van der Waals surface area contributed by atoms with E-state index < -0.39 is 0 Å². The molecule has 0 aliphatic carbocycles. The highest BCUT2D eigenvalue weighted by Gasteiger charge is 2.23. The van der Waals surface area contributed by atoms with Gasteiger partial charge in [-0.05, 0) is 30.5 Å². The summed E-state index contributed by atoms with van der Waals surface area (Å²) < 4.78 is 5.01. The van der Waals surface area contributed by atoms with Crippen LogP contribution in [0.1, 0.15) is 22.3 Å². The van der Waals surface area contributed by atoms with Crippen LogP contribution in [0, 0.1) is 0 Å². The molecule has 0 spiro atoms. The predicted molar refractivity (Wildman–Crippen MR) is 77.2 cm³/mol. The van der Waals surface area contributed by atoms with Crippen molar-refractivity contribution in [2.45, 2.75) is 12.8 Å². The number of nitrogens with zero attached hydrogens (tertiary/aromatic N) is 2. The Hall–Kier alpha value is -2.36. The van der Waals surface area contributed by atoms with Gasteiger partial charge in [0.1, 0.15) is 0 Å². The van der Waals surface area contributed by atoms with Crippen molar-refractivity contribution in [1.82, 2.24) is 4.98 Å². The van der Waals surface area contributed by atoms with Crippen LogP contribution in [0.4, 0.5) is 5.69 Å². The largest absolute Gasteiger partial charge is 0.481 e. The number of rotatable bonds is 2. The van der Waals surface area contributed by atoms with Crippen molar-refractivity contribution in [2.24, 2.45) is 0 Å². The highest BCUT2D eigenvalue weighted by molar-refractivity contribution is 6.06. The Balaban J connectivity index is 1.91. The minimum Gasteiger partial charge on any atom is -0.481 e. The SMILES string of the molecule is COc1ccc(C(=O)N2CCCc3ccccc32)cn1. The molecule has 0 bridgehead atoms. The van der Waals surface area contributed by atoms with E-state index in [4.69, 9.17) is 4.74 Å². The Morgan fingerprint density at radius 1 is 1.25 bits per heavy atom. The molecule has 0 N–H and O–H groups in total. The average molecular weight is 268 g/mol. The maximum absolute atomic E-state index is 12.6. The van der Waals surface area contributed by atoms with Gasteiger partial charge in [0.2, 0.25) is 5.88 Å². The number of methoxy groups -OCH3 is 1. The second kappa shape index (κ2) is 5.33. The highest BCUT2D eigenvalue weighted by Crippen LogP contribution is 2.28. The highest BCUT2D eigenvalue weighted by atomic mass is 16.5. The molecule has 0 saturated carbocycles. The molecule has 1 amide bonds. The first-order chi connectivity index (χ1) is 9.79. The summed E-state index contributed by atoms with van der Waals surface area (Å²) >= 11 is 0. The van der Waals surface area contributed by atoms with E-state index in [0.29, 0.717) is 11.4 Å². The number of fused-ring (bicyclic) bond motifs is 1. The van der Waals surface area contributed by atoms with E-state index in [1.165, 1.54) is 5.56 Å². The quantitative estimate of drug-likeness (QED) is 0.841. The third kappa shape index (κ3) is 2.25. The molecule has 3 rings (SSSR count). The van der Waals surface area contributed by atoms with Crippen LogP contribution in [0.25, 0.3) is 0 Å². The molecule has 0 fully saturated rings. The zero-order valence-electron chi connectivity index (χ0n) is 11.4. The smallest absolute Gasteiger partial charge is 0.259 e. The summed E-state index contributed by atoms with van der Waals surface area (Å²) in [6.45, 7) is 0.752. The summed E-state index contributed by atoms with van der Waals surface area (Å²) in [7, 11) is 1.56. The van der Waals surface area contributed by atoms with E-state index in [0.717, 1.165) is 25.1 Å². The molecule has 2 heterocycles. The van der Waals surface area contributed by atoms with Gasteiger partial charge in [0, 0.05) is 24.5 Å². The summed E-state index contributed by atoms with van der Waals surface area (Å²) in [5.74, 6) is 0.507. The number of ether oxygens (including phenoxy) is 1. The van der Waals surface area contributed by atoms with Crippen molar-refractivity contribution in [2.75, 3.05) is 18.6 Å². The van der Waals surface area contributed by atoms with Crippen molar-refractivity contribution in [3.63, 3.8) is 0 Å². The summed E-state index contributed by atoms with van der Waals surface area (Å²) in [6, 6.07) is 11.5. The van der Waals surface area contributed by atoms with Gasteiger partial charge in [-0.2, -0.15) is 0 Å². The maximum Gasteiger partial charge on any atom is 0.259 e. The molecule has 4 heteroatoms. The fourth-order valence-electron chi connectivity index (χ4n) is 2.53. The fraction of sp³-hybridized carbons (Fsp3) is 0.250. The second-order valence-electron chi connectivity index (χ2n) is 4.78. The number of carbonyl (C=O) groups excluding carboxylic acids is 1. The van der Waals surface area contributed by atoms with Gasteiger partial charge in [0.25, 0.3) is 5.91 Å². The third-order valence-electron chi connectivity index (χ3n) is 3.55. The molecule has 2 aromatic rings. The van der Waals surface area contributed by atoms with Crippen LogP contribution in [0.2, 0.25) is 0 Å². The lowest BCUT2D eigenvalue weighted by Gasteiger charge is -2.29. The Bertz CT molecular complexity index is 623. The van der Waals surface area contributed by atoms with Gasteiger partial charge in [0.15, 0.2) is 0 Å². The van der Waals surface area contributed by atoms with Gasteiger partial charge in [-0.1, -0.05) is 18.2 Å². The van der Waals surface area contributed by atoms with Gasteiger partial charge >= 0.3 is 0 Å². The predicted octanol–water partition coefficient (Wildman–Crippen LogP) is 2.68. The summed E-state index contributed by atoms with van der Waals surface area (Å²) in [5.41, 5.74) is 2.83. The van der Waals surface area contributed by atoms with Crippen LogP contribution in [-0.2, 0) is 6.42 Å². The summed E-state index contributed by atoms with van der Waals surface area (Å²) in [6.07, 6.45) is 3.59. The number of aryl methyl sites for hydroxylation is 1. The number of para-hydroxylation sites is 1. The number of amides is 1. The van der Waals surface area contributed by atoms with Crippen LogP contribution in [-0.4, -0.2) is 24.5 Å². The molecule has 0 radical (unpaired) electrons. The lowest BCUT2D eigenvalue weighted by Crippen LogP contribution is -2.35. The fourth-order valence-corrected chi connectivity index (χ4v) is 2.53. The molecular weight excluding hydrogens is 252 g/mol. The topological polar surface area (TPSA) is 42.4 Å². The third-order valence-corrected chi connectivity index (χ3v) is 3.55. The van der Waals surface area contributed by atoms with E-state index in [2.05, 4.69) is 11.1 Å². The standard InChI is InChI=1S/C16H16N2O2/c1-20-15-9-8-13(11-17-15)16(19)18-10-4-6-12-5-2-3-7-14(12)18/h2-3,5,7-9,11H,4,6,10H2,1H3. The van der Waals surface area contributed by atoms with Gasteiger partial charge < -0.3 is 9.64 Å². The van der Waals surface area contributed by atoms with Gasteiger partial charge in [0.05, 0.1) is 12.7 Å². The van der Waals surface area contributed by atoms with Crippen molar-refractivity contribution in [3.8, 4) is 5.88 Å². The molecular formula is C16H16N2O2. The van der Waals surface area contributed by atoms with E-state index in [1.807, 2.05) is 23.1 Å². The van der Waals surface area contributed by atoms with Crippen LogP contribution in [0.3, 0.4) is 0 Å².